The van der Waals surface area contributed by atoms with Crippen molar-refractivity contribution in [1.82, 2.24) is 5.43 Å². The fraction of sp³-hybridized carbons (Fsp3) is 0.176. The van der Waals surface area contributed by atoms with Crippen molar-refractivity contribution in [3.63, 3.8) is 0 Å². The second kappa shape index (κ2) is 7.24. The van der Waals surface area contributed by atoms with Crippen LogP contribution in [0, 0.1) is 13.8 Å². The number of hydrogen-bond donors (Lipinski definition) is 1. The number of hydrazone groups is 1. The molecule has 0 aliphatic carbocycles. The first-order chi connectivity index (χ1) is 10.1. The van der Waals surface area contributed by atoms with Crippen LogP contribution in [0.25, 0.3) is 0 Å². The summed E-state index contributed by atoms with van der Waals surface area (Å²) in [5.41, 5.74) is 5.53. The molecule has 0 aromatic heterocycles. The molecule has 0 saturated heterocycles. The van der Waals surface area contributed by atoms with Gasteiger partial charge in [-0.3, -0.25) is 4.79 Å². The molecule has 2 rings (SSSR count). The van der Waals surface area contributed by atoms with Gasteiger partial charge in [0.2, 0.25) is 0 Å². The predicted molar refractivity (Wildman–Crippen MR) is 83.6 cm³/mol. The summed E-state index contributed by atoms with van der Waals surface area (Å²) in [4.78, 5) is 11.6. The molecule has 1 amide bonds. The Bertz CT molecular complexity index is 651. The molecule has 0 heterocycles. The van der Waals surface area contributed by atoms with E-state index in [1.807, 2.05) is 62.4 Å². The van der Waals surface area contributed by atoms with E-state index < -0.39 is 0 Å². The minimum absolute atomic E-state index is 0.0595. The number of nitrogens with zero attached hydrogens (tertiary/aromatic N) is 1. The van der Waals surface area contributed by atoms with E-state index in [0.29, 0.717) is 5.75 Å². The van der Waals surface area contributed by atoms with Gasteiger partial charge in [0.1, 0.15) is 5.75 Å². The number of rotatable bonds is 5. The fourth-order valence-corrected chi connectivity index (χ4v) is 1.82. The number of carbonyl (C=O) groups is 1. The van der Waals surface area contributed by atoms with Gasteiger partial charge >= 0.3 is 0 Å². The normalized spacial score (nSPS) is 10.6. The molecule has 0 spiro atoms. The van der Waals surface area contributed by atoms with Gasteiger partial charge in [-0.25, -0.2) is 5.43 Å². The lowest BCUT2D eigenvalue weighted by molar-refractivity contribution is -0.123. The molecule has 0 fully saturated rings. The van der Waals surface area contributed by atoms with Crippen molar-refractivity contribution in [2.24, 2.45) is 5.10 Å². The Balaban J connectivity index is 1.81. The third-order valence-corrected chi connectivity index (χ3v) is 2.90. The molecule has 2 aromatic carbocycles. The van der Waals surface area contributed by atoms with Crippen LogP contribution in [0.1, 0.15) is 16.7 Å². The number of amides is 1. The Morgan fingerprint density at radius 3 is 2.76 bits per heavy atom. The molecule has 0 aliphatic heterocycles. The second-order valence-electron chi connectivity index (χ2n) is 4.76. The van der Waals surface area contributed by atoms with Crippen LogP contribution in [0.2, 0.25) is 0 Å². The van der Waals surface area contributed by atoms with Crippen LogP contribution in [0.4, 0.5) is 0 Å². The average Bonchev–Trinajstić information content (AvgIpc) is 2.46. The van der Waals surface area contributed by atoms with Gasteiger partial charge in [-0.1, -0.05) is 48.0 Å². The minimum atomic E-state index is -0.290. The fourth-order valence-electron chi connectivity index (χ4n) is 1.82. The monoisotopic (exact) mass is 282 g/mol. The quantitative estimate of drug-likeness (QED) is 0.677. The summed E-state index contributed by atoms with van der Waals surface area (Å²) in [6.45, 7) is 3.88. The first-order valence-electron chi connectivity index (χ1n) is 6.72. The van der Waals surface area contributed by atoms with Crippen LogP contribution >= 0.6 is 0 Å². The summed E-state index contributed by atoms with van der Waals surface area (Å²) in [6.07, 6.45) is 1.61. The maximum absolute atomic E-state index is 11.6. The van der Waals surface area contributed by atoms with Crippen molar-refractivity contribution in [3.05, 3.63) is 65.2 Å². The van der Waals surface area contributed by atoms with Gasteiger partial charge in [-0.2, -0.15) is 5.10 Å². The Kier molecular flexibility index (Phi) is 5.10. The Morgan fingerprint density at radius 1 is 1.19 bits per heavy atom. The molecule has 0 atom stereocenters. The SMILES string of the molecule is Cc1cccc(C=NNC(=O)COc2ccccc2C)c1. The summed E-state index contributed by atoms with van der Waals surface area (Å²) >= 11 is 0. The van der Waals surface area contributed by atoms with Gasteiger partial charge in [0, 0.05) is 0 Å². The lowest BCUT2D eigenvalue weighted by Gasteiger charge is -2.07. The number of aryl methyl sites for hydroxylation is 2. The van der Waals surface area contributed by atoms with Crippen molar-refractivity contribution in [2.75, 3.05) is 6.61 Å². The topological polar surface area (TPSA) is 50.7 Å². The van der Waals surface area contributed by atoms with Crippen molar-refractivity contribution < 1.29 is 9.53 Å². The number of carbonyl (C=O) groups excluding carboxylic acids is 1. The second-order valence-corrected chi connectivity index (χ2v) is 4.76. The highest BCUT2D eigenvalue weighted by molar-refractivity contribution is 5.83. The van der Waals surface area contributed by atoms with Gasteiger partial charge in [0.15, 0.2) is 6.61 Å². The van der Waals surface area contributed by atoms with E-state index in [1.54, 1.807) is 6.21 Å². The maximum atomic E-state index is 11.6. The zero-order valence-corrected chi connectivity index (χ0v) is 12.2. The molecule has 0 radical (unpaired) electrons. The van der Waals surface area contributed by atoms with E-state index in [1.165, 1.54) is 0 Å². The molecule has 4 heteroatoms. The largest absolute Gasteiger partial charge is 0.483 e. The van der Waals surface area contributed by atoms with Crippen LogP contribution in [0.15, 0.2) is 53.6 Å². The van der Waals surface area contributed by atoms with Crippen LogP contribution in [-0.4, -0.2) is 18.7 Å². The van der Waals surface area contributed by atoms with Crippen LogP contribution < -0.4 is 10.2 Å². The number of benzene rings is 2. The van der Waals surface area contributed by atoms with Gasteiger partial charge < -0.3 is 4.74 Å². The Morgan fingerprint density at radius 2 is 2.00 bits per heavy atom. The Labute approximate surface area is 124 Å². The van der Waals surface area contributed by atoms with Crippen molar-refractivity contribution in [1.29, 1.82) is 0 Å². The molecule has 2 aromatic rings. The van der Waals surface area contributed by atoms with E-state index >= 15 is 0 Å². The van der Waals surface area contributed by atoms with Gasteiger partial charge in [-0.05, 0) is 31.0 Å². The molecule has 4 nitrogen and oxygen atoms in total. The number of ether oxygens (including phenoxy) is 1. The van der Waals surface area contributed by atoms with Crippen molar-refractivity contribution >= 4 is 12.1 Å². The van der Waals surface area contributed by atoms with E-state index in [9.17, 15) is 4.79 Å². The molecule has 108 valence electrons. The molecular formula is C17H18N2O2. The zero-order valence-electron chi connectivity index (χ0n) is 12.2. The molecule has 0 saturated carbocycles. The smallest absolute Gasteiger partial charge is 0.277 e. The molecule has 0 unspecified atom stereocenters. The zero-order chi connectivity index (χ0) is 15.1. The van der Waals surface area contributed by atoms with E-state index in [0.717, 1.165) is 16.7 Å². The van der Waals surface area contributed by atoms with Gasteiger partial charge in [0.25, 0.3) is 5.91 Å². The lowest BCUT2D eigenvalue weighted by atomic mass is 10.2. The first-order valence-corrected chi connectivity index (χ1v) is 6.72. The highest BCUT2D eigenvalue weighted by Gasteiger charge is 2.02. The third kappa shape index (κ3) is 4.76. The first kappa shape index (κ1) is 14.8. The van der Waals surface area contributed by atoms with Crippen LogP contribution in [-0.2, 0) is 4.79 Å². The summed E-state index contributed by atoms with van der Waals surface area (Å²) < 4.78 is 5.43. The number of para-hydroxylation sites is 1. The predicted octanol–water partition coefficient (Wildman–Crippen LogP) is 2.83. The van der Waals surface area contributed by atoms with Crippen LogP contribution in [0.3, 0.4) is 0 Å². The summed E-state index contributed by atoms with van der Waals surface area (Å²) in [5.74, 6) is 0.414. The minimum Gasteiger partial charge on any atom is -0.483 e. The highest BCUT2D eigenvalue weighted by Crippen LogP contribution is 2.15. The molecule has 1 N–H and O–H groups in total. The van der Waals surface area contributed by atoms with Crippen molar-refractivity contribution in [2.45, 2.75) is 13.8 Å². The molecule has 21 heavy (non-hydrogen) atoms. The number of nitrogens with one attached hydrogen (secondary N) is 1. The summed E-state index contributed by atoms with van der Waals surface area (Å²) in [7, 11) is 0. The van der Waals surface area contributed by atoms with Gasteiger partial charge in [0.05, 0.1) is 6.21 Å². The average molecular weight is 282 g/mol. The lowest BCUT2D eigenvalue weighted by Crippen LogP contribution is -2.24. The van der Waals surface area contributed by atoms with E-state index in [4.69, 9.17) is 4.74 Å². The molecule has 0 aliphatic rings. The summed E-state index contributed by atoms with van der Waals surface area (Å²) in [6, 6.07) is 15.4. The summed E-state index contributed by atoms with van der Waals surface area (Å²) in [5, 5.41) is 3.91. The van der Waals surface area contributed by atoms with E-state index in [2.05, 4.69) is 10.5 Å². The highest BCUT2D eigenvalue weighted by atomic mass is 16.5. The standard InChI is InChI=1S/C17H18N2O2/c1-13-6-5-8-15(10-13)11-18-19-17(20)12-21-16-9-4-3-7-14(16)2/h3-11H,12H2,1-2H3,(H,19,20). The number of hydrogen-bond acceptors (Lipinski definition) is 3. The van der Waals surface area contributed by atoms with Crippen molar-refractivity contribution in [3.8, 4) is 5.75 Å². The molecule has 0 bridgehead atoms. The molecular weight excluding hydrogens is 264 g/mol. The van der Waals surface area contributed by atoms with E-state index in [-0.39, 0.29) is 12.5 Å². The Hall–Kier alpha value is -2.62. The van der Waals surface area contributed by atoms with Crippen LogP contribution in [0.5, 0.6) is 5.75 Å². The maximum Gasteiger partial charge on any atom is 0.277 e. The van der Waals surface area contributed by atoms with Gasteiger partial charge in [-0.15, -0.1) is 0 Å². The third-order valence-electron chi connectivity index (χ3n) is 2.90.